The van der Waals surface area contributed by atoms with Gasteiger partial charge in [-0.15, -0.1) is 0 Å². The van der Waals surface area contributed by atoms with Crippen LogP contribution in [0.3, 0.4) is 0 Å². The maximum absolute atomic E-state index is 6.66. The van der Waals surface area contributed by atoms with Crippen molar-refractivity contribution in [3.05, 3.63) is 11.4 Å². The molecule has 2 atom stereocenters. The largest absolute Gasteiger partial charge is 0.317 e. The Morgan fingerprint density at radius 1 is 1.56 bits per heavy atom. The fourth-order valence-electron chi connectivity index (χ4n) is 1.62. The summed E-state index contributed by atoms with van der Waals surface area (Å²) in [5.74, 6) is 1.62. The van der Waals surface area contributed by atoms with Crippen molar-refractivity contribution in [1.82, 2.24) is 0 Å². The molecule has 0 heterocycles. The van der Waals surface area contributed by atoms with Gasteiger partial charge in [-0.1, -0.05) is 13.3 Å². The van der Waals surface area contributed by atoms with Crippen molar-refractivity contribution in [2.45, 2.75) is 26.2 Å². The summed E-state index contributed by atoms with van der Waals surface area (Å²) in [6.45, 7) is 9.71. The molecule has 0 bridgehead atoms. The second-order valence-corrected chi connectivity index (χ2v) is 3.12. The van der Waals surface area contributed by atoms with E-state index in [9.17, 15) is 0 Å². The van der Waals surface area contributed by atoms with Crippen molar-refractivity contribution in [3.63, 3.8) is 0 Å². The van der Waals surface area contributed by atoms with Gasteiger partial charge in [0, 0.05) is 5.92 Å². The smallest absolute Gasteiger partial charge is 0.217 e. The number of hydrogen-bond donors (Lipinski definition) is 0. The lowest BCUT2D eigenvalue weighted by atomic mass is 10.1. The summed E-state index contributed by atoms with van der Waals surface area (Å²) in [6, 6.07) is 0. The van der Waals surface area contributed by atoms with Crippen molar-refractivity contribution in [3.8, 4) is 0 Å². The molecule has 50 valence electrons. The highest BCUT2D eigenvalue weighted by atomic mass is 14.6. The third kappa shape index (κ3) is 1.71. The van der Waals surface area contributed by atoms with Crippen LogP contribution in [-0.4, -0.2) is 6.54 Å². The number of hydrogen-bond acceptors (Lipinski definition) is 0. The van der Waals surface area contributed by atoms with Crippen LogP contribution in [0.2, 0.25) is 0 Å². The van der Waals surface area contributed by atoms with Gasteiger partial charge in [0.1, 0.15) is 0 Å². The zero-order valence-corrected chi connectivity index (χ0v) is 5.93. The van der Waals surface area contributed by atoms with E-state index in [0.717, 1.165) is 18.4 Å². The van der Waals surface area contributed by atoms with Gasteiger partial charge in [-0.3, -0.25) is 0 Å². The third-order valence-electron chi connectivity index (χ3n) is 2.15. The van der Waals surface area contributed by atoms with Crippen molar-refractivity contribution in [2.75, 3.05) is 6.54 Å². The van der Waals surface area contributed by atoms with Gasteiger partial charge in [0.2, 0.25) is 6.54 Å². The highest BCUT2D eigenvalue weighted by molar-refractivity contribution is 4.78. The van der Waals surface area contributed by atoms with Crippen molar-refractivity contribution < 1.29 is 0 Å². The highest BCUT2D eigenvalue weighted by Crippen LogP contribution is 2.30. The summed E-state index contributed by atoms with van der Waals surface area (Å²) in [4.78, 5) is 3.40. The van der Waals surface area contributed by atoms with Gasteiger partial charge < -0.3 is 4.85 Å². The van der Waals surface area contributed by atoms with E-state index in [0.29, 0.717) is 0 Å². The minimum absolute atomic E-state index is 0.734. The van der Waals surface area contributed by atoms with Gasteiger partial charge >= 0.3 is 0 Å². The molecular formula is C8H13N. The molecule has 0 saturated heterocycles. The Morgan fingerprint density at radius 2 is 2.33 bits per heavy atom. The molecule has 0 aromatic rings. The van der Waals surface area contributed by atoms with E-state index in [1.54, 1.807) is 0 Å². The maximum atomic E-state index is 6.66. The molecule has 1 saturated carbocycles. The third-order valence-corrected chi connectivity index (χ3v) is 2.15. The first-order valence-electron chi connectivity index (χ1n) is 3.66. The standard InChI is InChI=1S/C8H13N/c1-7-3-4-8(5-7)6-9-2/h7-8H,3-6H2,1H3. The molecule has 0 aromatic carbocycles. The second kappa shape index (κ2) is 2.87. The lowest BCUT2D eigenvalue weighted by molar-refractivity contribution is 0.546. The molecule has 2 unspecified atom stereocenters. The molecule has 1 heteroatoms. The molecule has 0 radical (unpaired) electrons. The van der Waals surface area contributed by atoms with E-state index in [-0.39, 0.29) is 0 Å². The van der Waals surface area contributed by atoms with Crippen LogP contribution in [0.4, 0.5) is 0 Å². The summed E-state index contributed by atoms with van der Waals surface area (Å²) in [5.41, 5.74) is 0. The Balaban J connectivity index is 2.24. The Bertz CT molecular complexity index is 123. The zero-order chi connectivity index (χ0) is 6.69. The predicted molar refractivity (Wildman–Crippen MR) is 38.0 cm³/mol. The van der Waals surface area contributed by atoms with Crippen LogP contribution in [0.5, 0.6) is 0 Å². The normalized spacial score (nSPS) is 34.2. The van der Waals surface area contributed by atoms with Crippen LogP contribution in [-0.2, 0) is 0 Å². The van der Waals surface area contributed by atoms with E-state index in [2.05, 4.69) is 11.8 Å². The zero-order valence-electron chi connectivity index (χ0n) is 5.93. The van der Waals surface area contributed by atoms with Crippen LogP contribution in [0.15, 0.2) is 0 Å². The van der Waals surface area contributed by atoms with Gasteiger partial charge in [0.25, 0.3) is 0 Å². The van der Waals surface area contributed by atoms with Crippen LogP contribution < -0.4 is 0 Å². The van der Waals surface area contributed by atoms with Gasteiger partial charge in [-0.2, -0.15) is 0 Å². The van der Waals surface area contributed by atoms with Crippen molar-refractivity contribution >= 4 is 0 Å². The number of rotatable bonds is 1. The molecular weight excluding hydrogens is 110 g/mol. The van der Waals surface area contributed by atoms with Crippen molar-refractivity contribution in [2.24, 2.45) is 11.8 Å². The molecule has 1 aliphatic carbocycles. The molecule has 0 aliphatic heterocycles. The van der Waals surface area contributed by atoms with Crippen LogP contribution in [0.1, 0.15) is 26.2 Å². The Morgan fingerprint density at radius 3 is 2.78 bits per heavy atom. The van der Waals surface area contributed by atoms with E-state index in [1.165, 1.54) is 19.3 Å². The minimum atomic E-state index is 0.734. The molecule has 0 aromatic heterocycles. The summed E-state index contributed by atoms with van der Waals surface area (Å²) >= 11 is 0. The van der Waals surface area contributed by atoms with Gasteiger partial charge in [-0.05, 0) is 18.8 Å². The maximum Gasteiger partial charge on any atom is 0.217 e. The molecule has 1 nitrogen and oxygen atoms in total. The second-order valence-electron chi connectivity index (χ2n) is 3.12. The lowest BCUT2D eigenvalue weighted by Crippen LogP contribution is -1.96. The average Bonchev–Trinajstić information content (AvgIpc) is 2.17. The first-order chi connectivity index (χ1) is 4.33. The first-order valence-corrected chi connectivity index (χ1v) is 3.66. The quantitative estimate of drug-likeness (QED) is 0.471. The minimum Gasteiger partial charge on any atom is -0.317 e. The van der Waals surface area contributed by atoms with Gasteiger partial charge in [-0.25, -0.2) is 6.57 Å². The van der Waals surface area contributed by atoms with Crippen molar-refractivity contribution in [1.29, 1.82) is 0 Å². The Kier molecular flexibility index (Phi) is 2.10. The SMILES string of the molecule is [C-]#[N+]CC1CCC(C)C1. The molecule has 1 fully saturated rings. The van der Waals surface area contributed by atoms with Crippen LogP contribution in [0, 0.1) is 18.4 Å². The molecule has 0 spiro atoms. The van der Waals surface area contributed by atoms with E-state index in [4.69, 9.17) is 6.57 Å². The highest BCUT2D eigenvalue weighted by Gasteiger charge is 2.22. The fourth-order valence-corrected chi connectivity index (χ4v) is 1.62. The molecule has 0 amide bonds. The molecule has 9 heavy (non-hydrogen) atoms. The molecule has 1 rings (SSSR count). The molecule has 1 aliphatic rings. The summed E-state index contributed by atoms with van der Waals surface area (Å²) in [6.07, 6.45) is 3.94. The Labute approximate surface area is 56.9 Å². The molecule has 0 N–H and O–H groups in total. The van der Waals surface area contributed by atoms with E-state index < -0.39 is 0 Å². The average molecular weight is 123 g/mol. The fraction of sp³-hybridized carbons (Fsp3) is 0.875. The summed E-state index contributed by atoms with van der Waals surface area (Å²) < 4.78 is 0. The monoisotopic (exact) mass is 123 g/mol. The predicted octanol–water partition coefficient (Wildman–Crippen LogP) is 2.34. The summed E-state index contributed by atoms with van der Waals surface area (Å²) in [7, 11) is 0. The van der Waals surface area contributed by atoms with Gasteiger partial charge in [0.05, 0.1) is 0 Å². The van der Waals surface area contributed by atoms with Crippen LogP contribution >= 0.6 is 0 Å². The first kappa shape index (κ1) is 6.61. The van der Waals surface area contributed by atoms with E-state index in [1.807, 2.05) is 0 Å². The number of nitrogens with zero attached hydrogens (tertiary/aromatic N) is 1. The summed E-state index contributed by atoms with van der Waals surface area (Å²) in [5, 5.41) is 0. The Hall–Kier alpha value is -0.510. The topological polar surface area (TPSA) is 4.36 Å². The van der Waals surface area contributed by atoms with Gasteiger partial charge in [0.15, 0.2) is 0 Å². The lowest BCUT2D eigenvalue weighted by Gasteiger charge is -1.97. The van der Waals surface area contributed by atoms with Crippen LogP contribution in [0.25, 0.3) is 4.85 Å². The van der Waals surface area contributed by atoms with E-state index >= 15 is 0 Å².